The molecule has 4 aliphatic rings. The van der Waals surface area contributed by atoms with Crippen LogP contribution in [0.15, 0.2) is 29.6 Å². The lowest BCUT2D eigenvalue weighted by atomic mass is 9.74. The highest BCUT2D eigenvalue weighted by molar-refractivity contribution is 7.10. The number of hydrogen-bond donors (Lipinski definition) is 2. The van der Waals surface area contributed by atoms with Gasteiger partial charge < -0.3 is 10.6 Å². The van der Waals surface area contributed by atoms with Crippen LogP contribution >= 0.6 is 34.5 Å². The number of fused-ring (bicyclic) bond motifs is 3. The highest BCUT2D eigenvalue weighted by Crippen LogP contribution is 2.61. The zero-order valence-corrected chi connectivity index (χ0v) is 17.8. The van der Waals surface area contributed by atoms with Gasteiger partial charge in [0.1, 0.15) is 5.54 Å². The van der Waals surface area contributed by atoms with Gasteiger partial charge in [0.05, 0.1) is 10.9 Å². The van der Waals surface area contributed by atoms with Gasteiger partial charge in [-0.25, -0.2) is 0 Å². The Balaban J connectivity index is 1.62. The fourth-order valence-corrected chi connectivity index (χ4v) is 7.08. The van der Waals surface area contributed by atoms with E-state index in [2.05, 4.69) is 15.5 Å². The largest absolute Gasteiger partial charge is 0.354 e. The van der Waals surface area contributed by atoms with Crippen molar-refractivity contribution in [2.75, 3.05) is 18.4 Å². The van der Waals surface area contributed by atoms with Crippen LogP contribution in [0.5, 0.6) is 0 Å². The lowest BCUT2D eigenvalue weighted by Crippen LogP contribution is -2.54. The van der Waals surface area contributed by atoms with Gasteiger partial charge in [0, 0.05) is 51.6 Å². The molecule has 1 saturated carbocycles. The van der Waals surface area contributed by atoms with Crippen molar-refractivity contribution in [1.82, 2.24) is 10.2 Å². The second-order valence-electron chi connectivity index (χ2n) is 8.49. The van der Waals surface area contributed by atoms with E-state index in [1.54, 1.807) is 0 Å². The Labute approximate surface area is 182 Å². The Morgan fingerprint density at radius 1 is 1.17 bits per heavy atom. The molecule has 1 aliphatic carbocycles. The van der Waals surface area contributed by atoms with E-state index in [-0.39, 0.29) is 29.7 Å². The third kappa shape index (κ3) is 2.43. The number of hydrogen-bond acceptors (Lipinski definition) is 4. The second kappa shape index (κ2) is 6.20. The molecular formula is C21H19Cl2N3O2S. The van der Waals surface area contributed by atoms with Crippen LogP contribution in [0, 0.1) is 11.8 Å². The first-order chi connectivity index (χ1) is 14.0. The molecule has 8 heteroatoms. The molecule has 1 spiro atoms. The van der Waals surface area contributed by atoms with E-state index >= 15 is 0 Å². The Morgan fingerprint density at radius 3 is 2.72 bits per heavy atom. The van der Waals surface area contributed by atoms with Crippen molar-refractivity contribution in [2.24, 2.45) is 11.8 Å². The lowest BCUT2D eigenvalue weighted by molar-refractivity contribution is -0.128. The number of benzene rings is 1. The van der Waals surface area contributed by atoms with E-state index in [9.17, 15) is 9.59 Å². The van der Waals surface area contributed by atoms with Crippen molar-refractivity contribution in [1.29, 1.82) is 0 Å². The minimum absolute atomic E-state index is 0.0126. The molecular weight excluding hydrogens is 429 g/mol. The van der Waals surface area contributed by atoms with Crippen LogP contribution in [0.1, 0.15) is 29.2 Å². The normalized spacial score (nSPS) is 33.1. The van der Waals surface area contributed by atoms with Crippen LogP contribution in [0.4, 0.5) is 5.69 Å². The summed E-state index contributed by atoms with van der Waals surface area (Å²) in [5.41, 5.74) is 0.754. The van der Waals surface area contributed by atoms with Gasteiger partial charge in [-0.05, 0) is 37.0 Å². The minimum Gasteiger partial charge on any atom is -0.354 e. The lowest BCUT2D eigenvalue weighted by Gasteiger charge is -2.39. The Kier molecular flexibility index (Phi) is 3.89. The first kappa shape index (κ1) is 18.2. The third-order valence-electron chi connectivity index (χ3n) is 6.90. The number of rotatable bonds is 3. The average molecular weight is 448 g/mol. The monoisotopic (exact) mass is 447 g/mol. The first-order valence-corrected chi connectivity index (χ1v) is 11.5. The SMILES string of the molecule is O=C1NC[C@H]2[C@@H]1[C@H](c1cc(Cl)cs1)[C@]1(C(=O)Nc3cc(Cl)ccc31)N2CC1CC1. The molecule has 4 atom stereocenters. The molecule has 3 fully saturated rings. The minimum atomic E-state index is -0.913. The molecule has 1 aromatic carbocycles. The summed E-state index contributed by atoms with van der Waals surface area (Å²) >= 11 is 14.0. The van der Waals surface area contributed by atoms with Crippen LogP contribution < -0.4 is 10.6 Å². The zero-order chi connectivity index (χ0) is 19.9. The number of likely N-dealkylation sites (tertiary alicyclic amines) is 1. The molecule has 5 nitrogen and oxygen atoms in total. The Hall–Kier alpha value is -1.60. The van der Waals surface area contributed by atoms with Gasteiger partial charge in [0.2, 0.25) is 11.8 Å². The molecule has 0 unspecified atom stereocenters. The van der Waals surface area contributed by atoms with Gasteiger partial charge in [0.25, 0.3) is 0 Å². The highest BCUT2D eigenvalue weighted by Gasteiger charge is 2.70. The molecule has 6 rings (SSSR count). The van der Waals surface area contributed by atoms with Crippen molar-refractivity contribution >= 4 is 52.0 Å². The quantitative estimate of drug-likeness (QED) is 0.751. The van der Waals surface area contributed by atoms with Crippen LogP contribution in [0.3, 0.4) is 0 Å². The summed E-state index contributed by atoms with van der Waals surface area (Å²) in [6.07, 6.45) is 2.35. The molecule has 2 saturated heterocycles. The van der Waals surface area contributed by atoms with Crippen LogP contribution in [0.25, 0.3) is 0 Å². The van der Waals surface area contributed by atoms with Gasteiger partial charge in [-0.1, -0.05) is 29.3 Å². The number of carbonyl (C=O) groups excluding carboxylic acids is 2. The van der Waals surface area contributed by atoms with Crippen LogP contribution in [-0.4, -0.2) is 35.8 Å². The standard InChI is InChI=1S/C21H19Cl2N3O2S/c22-11-3-4-13-14(5-11)25-20(28)21(13)18(16-6-12(23)9-29-16)17-15(7-24-19(17)27)26(21)8-10-1-2-10/h3-6,9-10,15,17-18H,1-2,7-8H2,(H,24,27)(H,25,28)/t15-,17+,18-,21+/m0/s1. The second-order valence-corrected chi connectivity index (χ2v) is 10.3. The number of anilines is 1. The summed E-state index contributed by atoms with van der Waals surface area (Å²) in [4.78, 5) is 30.0. The highest BCUT2D eigenvalue weighted by atomic mass is 35.5. The van der Waals surface area contributed by atoms with E-state index in [4.69, 9.17) is 23.2 Å². The fraction of sp³-hybridized carbons (Fsp3) is 0.429. The summed E-state index contributed by atoms with van der Waals surface area (Å²) in [5.74, 6) is -0.0212. The molecule has 1 aromatic heterocycles. The molecule has 2 aromatic rings. The van der Waals surface area contributed by atoms with E-state index < -0.39 is 5.54 Å². The zero-order valence-electron chi connectivity index (χ0n) is 15.5. The number of nitrogens with one attached hydrogen (secondary N) is 2. The Morgan fingerprint density at radius 2 is 2.00 bits per heavy atom. The summed E-state index contributed by atoms with van der Waals surface area (Å²) in [6, 6.07) is 7.51. The predicted molar refractivity (Wildman–Crippen MR) is 114 cm³/mol. The predicted octanol–water partition coefficient (Wildman–Crippen LogP) is 3.83. The maximum atomic E-state index is 13.8. The van der Waals surface area contributed by atoms with Crippen molar-refractivity contribution < 1.29 is 9.59 Å². The van der Waals surface area contributed by atoms with Gasteiger partial charge in [-0.3, -0.25) is 14.5 Å². The first-order valence-electron chi connectivity index (χ1n) is 9.90. The average Bonchev–Trinajstić information content (AvgIpc) is 3.02. The summed E-state index contributed by atoms with van der Waals surface area (Å²) < 4.78 is 0. The van der Waals surface area contributed by atoms with E-state index in [0.717, 1.165) is 22.7 Å². The third-order valence-corrected chi connectivity index (χ3v) is 8.50. The molecule has 2 amide bonds. The van der Waals surface area contributed by atoms with E-state index in [1.807, 2.05) is 29.6 Å². The van der Waals surface area contributed by atoms with Crippen molar-refractivity contribution in [3.63, 3.8) is 0 Å². The maximum absolute atomic E-state index is 13.8. The molecule has 150 valence electrons. The van der Waals surface area contributed by atoms with Crippen molar-refractivity contribution in [3.05, 3.63) is 50.1 Å². The number of nitrogens with zero attached hydrogens (tertiary/aromatic N) is 1. The summed E-state index contributed by atoms with van der Waals surface area (Å²) in [5, 5.41) is 9.23. The molecule has 0 bridgehead atoms. The van der Waals surface area contributed by atoms with Gasteiger partial charge in [-0.2, -0.15) is 0 Å². The van der Waals surface area contributed by atoms with Gasteiger partial charge >= 0.3 is 0 Å². The fourth-order valence-electron chi connectivity index (χ4n) is 5.62. The van der Waals surface area contributed by atoms with Crippen LogP contribution in [-0.2, 0) is 15.1 Å². The number of thiophene rings is 1. The van der Waals surface area contributed by atoms with Crippen LogP contribution in [0.2, 0.25) is 10.0 Å². The molecule has 0 radical (unpaired) electrons. The molecule has 29 heavy (non-hydrogen) atoms. The molecule has 2 N–H and O–H groups in total. The summed E-state index contributed by atoms with van der Waals surface area (Å²) in [7, 11) is 0. The summed E-state index contributed by atoms with van der Waals surface area (Å²) in [6.45, 7) is 1.39. The molecule has 4 heterocycles. The smallest absolute Gasteiger partial charge is 0.250 e. The van der Waals surface area contributed by atoms with Crippen molar-refractivity contribution in [2.45, 2.75) is 30.3 Å². The van der Waals surface area contributed by atoms with Crippen molar-refractivity contribution in [3.8, 4) is 0 Å². The van der Waals surface area contributed by atoms with E-state index in [0.29, 0.717) is 22.5 Å². The van der Waals surface area contributed by atoms with E-state index in [1.165, 1.54) is 24.2 Å². The number of carbonyl (C=O) groups is 2. The Bertz CT molecular complexity index is 1050. The van der Waals surface area contributed by atoms with Gasteiger partial charge in [0.15, 0.2) is 0 Å². The number of halogens is 2. The van der Waals surface area contributed by atoms with Gasteiger partial charge in [-0.15, -0.1) is 11.3 Å². The maximum Gasteiger partial charge on any atom is 0.250 e. The molecule has 3 aliphatic heterocycles. The number of amides is 2. The topological polar surface area (TPSA) is 61.4 Å².